The van der Waals surface area contributed by atoms with Gasteiger partial charge in [-0.05, 0) is 0 Å². The van der Waals surface area contributed by atoms with E-state index in [2.05, 4.69) is 6.07 Å². The summed E-state index contributed by atoms with van der Waals surface area (Å²) in [5, 5.41) is 8.42. The highest BCUT2D eigenvalue weighted by molar-refractivity contribution is 6.18. The Bertz CT molecular complexity index is 119. The first-order valence-electron chi connectivity index (χ1n) is 2.38. The average Bonchev–Trinajstić information content (AvgIpc) is 1.67. The minimum Gasteiger partial charge on any atom is -0.378 e. The summed E-state index contributed by atoms with van der Waals surface area (Å²) in [4.78, 5) is 0. The van der Waals surface area contributed by atoms with E-state index >= 15 is 0 Å². The summed E-state index contributed by atoms with van der Waals surface area (Å²) in [6, 6.07) is 2.11. The van der Waals surface area contributed by atoms with E-state index in [0.717, 1.165) is 0 Å². The van der Waals surface area contributed by atoms with Crippen molar-refractivity contribution < 1.29 is 4.74 Å². The van der Waals surface area contributed by atoms with Crippen LogP contribution in [-0.2, 0) is 4.74 Å². The van der Waals surface area contributed by atoms with Gasteiger partial charge in [-0.1, -0.05) is 0 Å². The van der Waals surface area contributed by atoms with Gasteiger partial charge in [0.2, 0.25) is 0 Å². The third-order valence-corrected chi connectivity index (χ3v) is 1.76. The fraction of sp³-hybridized carbons (Fsp3) is 0.800. The van der Waals surface area contributed by atoms with Gasteiger partial charge in [-0.25, -0.2) is 0 Å². The molecule has 0 spiro atoms. The number of nitriles is 1. The van der Waals surface area contributed by atoms with E-state index in [4.69, 9.17) is 21.6 Å². The Labute approximate surface area is 53.0 Å². The van der Waals surface area contributed by atoms with Crippen molar-refractivity contribution in [2.45, 2.75) is 0 Å². The van der Waals surface area contributed by atoms with E-state index < -0.39 is 0 Å². The van der Waals surface area contributed by atoms with Crippen LogP contribution >= 0.6 is 11.6 Å². The lowest BCUT2D eigenvalue weighted by atomic mass is 9.91. The van der Waals surface area contributed by atoms with Gasteiger partial charge in [0.25, 0.3) is 0 Å². The van der Waals surface area contributed by atoms with E-state index in [0.29, 0.717) is 19.1 Å². The summed E-state index contributed by atoms with van der Waals surface area (Å²) in [6.45, 7) is 1.01. The number of alkyl halides is 1. The molecule has 1 fully saturated rings. The van der Waals surface area contributed by atoms with Crippen molar-refractivity contribution in [1.82, 2.24) is 0 Å². The van der Waals surface area contributed by atoms with Crippen molar-refractivity contribution in [3.8, 4) is 6.07 Å². The zero-order valence-electron chi connectivity index (χ0n) is 4.35. The maximum atomic E-state index is 8.42. The predicted octanol–water partition coefficient (Wildman–Crippen LogP) is 0.765. The SMILES string of the molecule is N#CC1(CCl)COC1. The lowest BCUT2D eigenvalue weighted by Crippen LogP contribution is -2.42. The Kier molecular flexibility index (Phi) is 1.41. The van der Waals surface area contributed by atoms with Crippen LogP contribution in [-0.4, -0.2) is 19.1 Å². The molecule has 0 radical (unpaired) electrons. The second kappa shape index (κ2) is 1.93. The highest BCUT2D eigenvalue weighted by atomic mass is 35.5. The summed E-state index contributed by atoms with van der Waals surface area (Å²) in [7, 11) is 0. The lowest BCUT2D eigenvalue weighted by Gasteiger charge is -2.32. The van der Waals surface area contributed by atoms with Gasteiger partial charge < -0.3 is 4.74 Å². The maximum Gasteiger partial charge on any atom is 0.117 e. The molecule has 0 aliphatic carbocycles. The summed E-state index contributed by atoms with van der Waals surface area (Å²) in [6.07, 6.45) is 0. The number of ether oxygens (including phenoxy) is 1. The number of hydrogen-bond donors (Lipinski definition) is 0. The first kappa shape index (κ1) is 5.87. The predicted molar refractivity (Wildman–Crippen MR) is 29.6 cm³/mol. The molecule has 0 aromatic heterocycles. The van der Waals surface area contributed by atoms with Gasteiger partial charge >= 0.3 is 0 Å². The van der Waals surface area contributed by atoms with E-state index in [1.54, 1.807) is 0 Å². The highest BCUT2D eigenvalue weighted by Crippen LogP contribution is 2.27. The third-order valence-electron chi connectivity index (χ3n) is 1.25. The van der Waals surface area contributed by atoms with Crippen molar-refractivity contribution in [2.24, 2.45) is 5.41 Å². The molecule has 0 unspecified atom stereocenters. The molecule has 1 aliphatic heterocycles. The van der Waals surface area contributed by atoms with Crippen LogP contribution in [0.2, 0.25) is 0 Å². The summed E-state index contributed by atoms with van der Waals surface area (Å²) in [5.41, 5.74) is -0.346. The Hall–Kier alpha value is -0.260. The Morgan fingerprint density at radius 3 is 2.38 bits per heavy atom. The standard InChI is InChI=1S/C5H6ClNO/c6-1-5(2-7)3-8-4-5/h1,3-4H2. The zero-order chi connectivity index (χ0) is 6.04. The zero-order valence-corrected chi connectivity index (χ0v) is 5.11. The van der Waals surface area contributed by atoms with Crippen molar-refractivity contribution in [3.63, 3.8) is 0 Å². The molecule has 0 aromatic carbocycles. The summed E-state index contributed by atoms with van der Waals surface area (Å²) < 4.78 is 4.81. The van der Waals surface area contributed by atoms with Gasteiger partial charge in [0.1, 0.15) is 5.41 Å². The molecule has 2 nitrogen and oxygen atoms in total. The van der Waals surface area contributed by atoms with Crippen LogP contribution < -0.4 is 0 Å². The quantitative estimate of drug-likeness (QED) is 0.493. The fourth-order valence-electron chi connectivity index (χ4n) is 0.520. The average molecular weight is 132 g/mol. The normalized spacial score (nSPS) is 23.5. The largest absolute Gasteiger partial charge is 0.378 e. The van der Waals surface area contributed by atoms with Crippen LogP contribution in [0.4, 0.5) is 0 Å². The summed E-state index contributed by atoms with van der Waals surface area (Å²) in [5.74, 6) is 0.392. The molecule has 0 atom stereocenters. The number of rotatable bonds is 1. The topological polar surface area (TPSA) is 33.0 Å². The van der Waals surface area contributed by atoms with Crippen molar-refractivity contribution >= 4 is 11.6 Å². The minimum absolute atomic E-state index is 0.346. The van der Waals surface area contributed by atoms with Crippen LogP contribution in [0.1, 0.15) is 0 Å². The van der Waals surface area contributed by atoms with Crippen LogP contribution in [0.3, 0.4) is 0 Å². The van der Waals surface area contributed by atoms with Gasteiger partial charge in [0.05, 0.1) is 19.3 Å². The van der Waals surface area contributed by atoms with E-state index in [1.165, 1.54) is 0 Å². The first-order chi connectivity index (χ1) is 3.83. The number of nitrogens with zero attached hydrogens (tertiary/aromatic N) is 1. The molecule has 1 saturated heterocycles. The third kappa shape index (κ3) is 0.683. The van der Waals surface area contributed by atoms with Crippen molar-refractivity contribution in [2.75, 3.05) is 19.1 Å². The van der Waals surface area contributed by atoms with Crippen LogP contribution in [0.15, 0.2) is 0 Å². The Morgan fingerprint density at radius 2 is 2.38 bits per heavy atom. The molecule has 8 heavy (non-hydrogen) atoms. The van der Waals surface area contributed by atoms with Crippen LogP contribution in [0.25, 0.3) is 0 Å². The van der Waals surface area contributed by atoms with Gasteiger partial charge in [-0.3, -0.25) is 0 Å². The number of halogens is 1. The molecule has 44 valence electrons. The second-order valence-corrected chi connectivity index (χ2v) is 2.29. The van der Waals surface area contributed by atoms with Gasteiger partial charge in [-0.2, -0.15) is 5.26 Å². The summed E-state index contributed by atoms with van der Waals surface area (Å²) >= 11 is 5.46. The van der Waals surface area contributed by atoms with Crippen LogP contribution in [0.5, 0.6) is 0 Å². The molecule has 0 amide bonds. The highest BCUT2D eigenvalue weighted by Gasteiger charge is 2.37. The second-order valence-electron chi connectivity index (χ2n) is 2.02. The molecule has 1 aliphatic rings. The van der Waals surface area contributed by atoms with E-state index in [1.807, 2.05) is 0 Å². The fourth-order valence-corrected chi connectivity index (χ4v) is 0.734. The van der Waals surface area contributed by atoms with Gasteiger partial charge in [-0.15, -0.1) is 11.6 Å². The molecule has 1 heterocycles. The smallest absolute Gasteiger partial charge is 0.117 e. The first-order valence-corrected chi connectivity index (χ1v) is 2.91. The van der Waals surface area contributed by atoms with Crippen molar-refractivity contribution in [1.29, 1.82) is 5.26 Å². The van der Waals surface area contributed by atoms with Gasteiger partial charge in [0.15, 0.2) is 0 Å². The van der Waals surface area contributed by atoms with Gasteiger partial charge in [0, 0.05) is 5.88 Å². The molecule has 1 rings (SSSR count). The molecule has 0 bridgehead atoms. The molecule has 0 aromatic rings. The molecule has 0 saturated carbocycles. The Morgan fingerprint density at radius 1 is 1.75 bits per heavy atom. The molecular weight excluding hydrogens is 126 g/mol. The van der Waals surface area contributed by atoms with E-state index in [-0.39, 0.29) is 5.41 Å². The molecular formula is C5H6ClNO. The monoisotopic (exact) mass is 131 g/mol. The molecule has 0 N–H and O–H groups in total. The van der Waals surface area contributed by atoms with Crippen molar-refractivity contribution in [3.05, 3.63) is 0 Å². The minimum atomic E-state index is -0.346. The van der Waals surface area contributed by atoms with E-state index in [9.17, 15) is 0 Å². The van der Waals surface area contributed by atoms with Crippen LogP contribution in [0, 0.1) is 16.7 Å². The Balaban J connectivity index is 2.49. The molecule has 3 heteroatoms. The lowest BCUT2D eigenvalue weighted by molar-refractivity contribution is -0.0638. The number of hydrogen-bond acceptors (Lipinski definition) is 2. The maximum absolute atomic E-state index is 8.42.